The molecule has 0 saturated carbocycles. The van der Waals surface area contributed by atoms with Gasteiger partial charge in [0.25, 0.3) is 5.56 Å². The summed E-state index contributed by atoms with van der Waals surface area (Å²) in [5.41, 5.74) is 4.40. The fourth-order valence-corrected chi connectivity index (χ4v) is 4.89. The molecule has 0 fully saturated rings. The summed E-state index contributed by atoms with van der Waals surface area (Å²) in [5, 5.41) is 10.7. The second kappa shape index (κ2) is 8.51. The topological polar surface area (TPSA) is 72.2 Å². The average Bonchev–Trinajstić information content (AvgIpc) is 3.25. The first kappa shape index (κ1) is 22.8. The van der Waals surface area contributed by atoms with Crippen LogP contribution < -0.4 is 5.56 Å². The number of rotatable bonds is 5. The highest BCUT2D eigenvalue weighted by Gasteiger charge is 2.37. The van der Waals surface area contributed by atoms with Crippen LogP contribution in [0.4, 0.5) is 0 Å². The largest absolute Gasteiger partial charge is 0.481 e. The number of hydrogen-bond donors (Lipinski definition) is 1. The van der Waals surface area contributed by atoms with Crippen molar-refractivity contribution in [3.63, 3.8) is 0 Å². The van der Waals surface area contributed by atoms with E-state index in [2.05, 4.69) is 10.9 Å². The van der Waals surface area contributed by atoms with Gasteiger partial charge in [-0.15, -0.1) is 17.8 Å². The third-order valence-electron chi connectivity index (χ3n) is 5.83. The number of carboxylic acids is 1. The van der Waals surface area contributed by atoms with Gasteiger partial charge in [-0.1, -0.05) is 41.8 Å². The lowest BCUT2D eigenvalue weighted by atomic mass is 9.79. The molecular weight excluding hydrogens is 456 g/mol. The van der Waals surface area contributed by atoms with Crippen molar-refractivity contribution < 1.29 is 9.90 Å². The van der Waals surface area contributed by atoms with E-state index >= 15 is 0 Å². The summed E-state index contributed by atoms with van der Waals surface area (Å²) in [6.07, 6.45) is 5.56. The second-order valence-electron chi connectivity index (χ2n) is 8.32. The molecule has 2 aromatic carbocycles. The molecule has 0 aliphatic rings. The first-order valence-electron chi connectivity index (χ1n) is 10.2. The molecule has 0 atom stereocenters. The molecule has 1 N–H and O–H groups in total. The third-order valence-corrected chi connectivity index (χ3v) is 6.93. The lowest BCUT2D eigenvalue weighted by Crippen LogP contribution is -2.34. The van der Waals surface area contributed by atoms with Crippen LogP contribution in [-0.2, 0) is 16.8 Å². The van der Waals surface area contributed by atoms with Gasteiger partial charge < -0.3 is 5.11 Å². The van der Waals surface area contributed by atoms with Gasteiger partial charge >= 0.3 is 5.97 Å². The van der Waals surface area contributed by atoms with Crippen LogP contribution in [0, 0.1) is 19.3 Å². The van der Waals surface area contributed by atoms with Crippen molar-refractivity contribution in [2.45, 2.75) is 32.7 Å². The summed E-state index contributed by atoms with van der Waals surface area (Å²) in [5.74, 6) is 1.49. The molecule has 2 aromatic heterocycles. The zero-order valence-electron chi connectivity index (χ0n) is 18.3. The molecule has 0 aliphatic carbocycles. The van der Waals surface area contributed by atoms with Gasteiger partial charge in [-0.25, -0.2) is 4.98 Å². The van der Waals surface area contributed by atoms with Crippen LogP contribution in [-0.4, -0.2) is 20.6 Å². The van der Waals surface area contributed by atoms with E-state index in [4.69, 9.17) is 18.0 Å². The minimum atomic E-state index is -1.36. The number of carboxylic acid groups (broad SMARTS) is 1. The van der Waals surface area contributed by atoms with Crippen LogP contribution in [0.15, 0.2) is 52.8 Å². The highest BCUT2D eigenvalue weighted by molar-refractivity contribution is 7.16. The maximum Gasteiger partial charge on any atom is 0.313 e. The predicted molar refractivity (Wildman–Crippen MR) is 134 cm³/mol. The zero-order chi connectivity index (χ0) is 23.9. The van der Waals surface area contributed by atoms with Gasteiger partial charge in [-0.2, -0.15) is 0 Å². The van der Waals surface area contributed by atoms with E-state index in [-0.39, 0.29) is 12.1 Å². The number of benzene rings is 2. The summed E-state index contributed by atoms with van der Waals surface area (Å²) in [7, 11) is 0. The van der Waals surface area contributed by atoms with Crippen LogP contribution in [0.3, 0.4) is 0 Å². The molecule has 2 heterocycles. The smallest absolute Gasteiger partial charge is 0.313 e. The highest BCUT2D eigenvalue weighted by atomic mass is 35.5. The van der Waals surface area contributed by atoms with Gasteiger partial charge in [0.1, 0.15) is 10.3 Å². The van der Waals surface area contributed by atoms with Crippen molar-refractivity contribution in [3.05, 3.63) is 74.5 Å². The zero-order valence-corrected chi connectivity index (χ0v) is 19.9. The van der Waals surface area contributed by atoms with Crippen molar-refractivity contribution in [2.75, 3.05) is 0 Å². The Labute approximate surface area is 200 Å². The number of fused-ring (bicyclic) bond motifs is 1. The molecule has 0 spiro atoms. The molecule has 0 saturated heterocycles. The van der Waals surface area contributed by atoms with Crippen LogP contribution in [0.1, 0.15) is 25.0 Å². The molecule has 4 aromatic rings. The number of terminal acetylenes is 1. The molecular formula is C26H21ClN2O3S. The number of nitrogens with zero attached hydrogens (tertiary/aromatic N) is 2. The molecule has 0 amide bonds. The van der Waals surface area contributed by atoms with Crippen molar-refractivity contribution in [2.24, 2.45) is 0 Å². The quantitative estimate of drug-likeness (QED) is 0.372. The van der Waals surface area contributed by atoms with Crippen LogP contribution >= 0.6 is 22.9 Å². The standard InChI is InChI=1S/C26H21ClN2O3S/c1-5-12-29-23(30)20(21(26(3,4)25(31)32)22-24(29)33-14-28-22)19-13-17(7-6-15(19)2)16-8-10-18(27)11-9-16/h1,6-11,13-14H,12H2,2-4H3,(H,31,32). The van der Waals surface area contributed by atoms with Gasteiger partial charge in [-0.3, -0.25) is 14.2 Å². The molecule has 0 radical (unpaired) electrons. The van der Waals surface area contributed by atoms with Gasteiger partial charge in [0.2, 0.25) is 0 Å². The monoisotopic (exact) mass is 476 g/mol. The van der Waals surface area contributed by atoms with Gasteiger partial charge in [0.05, 0.1) is 23.0 Å². The summed E-state index contributed by atoms with van der Waals surface area (Å²) in [4.78, 5) is 31.2. The van der Waals surface area contributed by atoms with E-state index in [0.29, 0.717) is 32.1 Å². The number of thiazole rings is 1. The Balaban J connectivity index is 2.13. The molecule has 166 valence electrons. The number of aryl methyl sites for hydroxylation is 1. The fraction of sp³-hybridized carbons (Fsp3) is 0.192. The van der Waals surface area contributed by atoms with E-state index in [1.54, 1.807) is 31.5 Å². The molecule has 7 heteroatoms. The number of aromatic nitrogens is 2. The van der Waals surface area contributed by atoms with E-state index in [9.17, 15) is 14.7 Å². The number of aliphatic carboxylic acids is 1. The number of pyridine rings is 1. The minimum Gasteiger partial charge on any atom is -0.481 e. The summed E-state index contributed by atoms with van der Waals surface area (Å²) in [6, 6.07) is 13.2. The first-order chi connectivity index (χ1) is 15.7. The summed E-state index contributed by atoms with van der Waals surface area (Å²) >= 11 is 7.31. The molecule has 0 bridgehead atoms. The average molecular weight is 477 g/mol. The minimum absolute atomic E-state index is 0.0637. The Bertz CT molecular complexity index is 1490. The first-order valence-corrected chi connectivity index (χ1v) is 11.5. The molecule has 0 aliphatic heterocycles. The van der Waals surface area contributed by atoms with Crippen molar-refractivity contribution in [1.29, 1.82) is 0 Å². The third kappa shape index (κ3) is 3.84. The Kier molecular flexibility index (Phi) is 5.87. The highest BCUT2D eigenvalue weighted by Crippen LogP contribution is 2.39. The molecule has 0 unspecified atom stereocenters. The summed E-state index contributed by atoms with van der Waals surface area (Å²) < 4.78 is 1.50. The van der Waals surface area contributed by atoms with Crippen molar-refractivity contribution in [3.8, 4) is 34.6 Å². The van der Waals surface area contributed by atoms with Crippen LogP contribution in [0.25, 0.3) is 32.6 Å². The van der Waals surface area contributed by atoms with Crippen LogP contribution in [0.2, 0.25) is 5.02 Å². The van der Waals surface area contributed by atoms with Gasteiger partial charge in [0, 0.05) is 10.6 Å². The van der Waals surface area contributed by atoms with E-state index in [1.807, 2.05) is 37.3 Å². The predicted octanol–water partition coefficient (Wildman–Crippen LogP) is 5.75. The van der Waals surface area contributed by atoms with Crippen molar-refractivity contribution in [1.82, 2.24) is 9.55 Å². The normalized spacial score (nSPS) is 11.5. The fourth-order valence-electron chi connectivity index (χ4n) is 3.97. The number of carbonyl (C=O) groups is 1. The van der Waals surface area contributed by atoms with Crippen molar-refractivity contribution >= 4 is 39.3 Å². The lowest BCUT2D eigenvalue weighted by Gasteiger charge is -2.25. The Morgan fingerprint density at radius 3 is 2.52 bits per heavy atom. The Morgan fingerprint density at radius 2 is 1.88 bits per heavy atom. The number of halogens is 1. The van der Waals surface area contributed by atoms with E-state index < -0.39 is 11.4 Å². The molecule has 5 nitrogen and oxygen atoms in total. The summed E-state index contributed by atoms with van der Waals surface area (Å²) in [6.45, 7) is 5.15. The number of hydrogen-bond acceptors (Lipinski definition) is 4. The molecule has 33 heavy (non-hydrogen) atoms. The van der Waals surface area contributed by atoms with E-state index in [1.165, 1.54) is 15.9 Å². The SMILES string of the molecule is C#CCn1c(=O)c(-c2cc(-c3ccc(Cl)cc3)ccc2C)c(C(C)(C)C(=O)O)c2ncsc21. The maximum atomic E-state index is 13.8. The molecule has 4 rings (SSSR count). The van der Waals surface area contributed by atoms with Crippen LogP contribution in [0.5, 0.6) is 0 Å². The second-order valence-corrected chi connectivity index (χ2v) is 9.59. The lowest BCUT2D eigenvalue weighted by molar-refractivity contribution is -0.142. The van der Waals surface area contributed by atoms with Gasteiger partial charge in [-0.05, 0) is 61.2 Å². The van der Waals surface area contributed by atoms with E-state index in [0.717, 1.165) is 16.7 Å². The maximum absolute atomic E-state index is 13.8. The Hall–Kier alpha value is -3.40. The Morgan fingerprint density at radius 1 is 1.21 bits per heavy atom. The van der Waals surface area contributed by atoms with Gasteiger partial charge in [0.15, 0.2) is 0 Å².